The summed E-state index contributed by atoms with van der Waals surface area (Å²) in [5.41, 5.74) is 2.04. The number of nitrogens with zero attached hydrogens (tertiary/aromatic N) is 1. The zero-order valence-corrected chi connectivity index (χ0v) is 18.1. The number of amides is 1. The first-order valence-electron chi connectivity index (χ1n) is 10.7. The molecule has 1 amide bonds. The maximum Gasteiger partial charge on any atom is 0.410 e. The van der Waals surface area contributed by atoms with Gasteiger partial charge in [0.15, 0.2) is 11.6 Å². The highest BCUT2D eigenvalue weighted by molar-refractivity contribution is 5.68. The normalized spacial score (nSPS) is 18.1. The molecule has 0 aliphatic carbocycles. The summed E-state index contributed by atoms with van der Waals surface area (Å²) in [5.74, 6) is 0.661. The summed E-state index contributed by atoms with van der Waals surface area (Å²) in [6.07, 6.45) is 1.67. The van der Waals surface area contributed by atoms with Crippen molar-refractivity contribution < 1.29 is 28.5 Å². The van der Waals surface area contributed by atoms with Crippen molar-refractivity contribution in [1.29, 1.82) is 0 Å². The third-order valence-electron chi connectivity index (χ3n) is 5.47. The van der Waals surface area contributed by atoms with Gasteiger partial charge in [-0.2, -0.15) is 0 Å². The summed E-state index contributed by atoms with van der Waals surface area (Å²) in [6, 6.07) is 12.6. The van der Waals surface area contributed by atoms with Crippen molar-refractivity contribution in [2.24, 2.45) is 0 Å². The van der Waals surface area contributed by atoms with E-state index in [0.29, 0.717) is 32.6 Å². The van der Waals surface area contributed by atoms with Crippen molar-refractivity contribution in [2.75, 3.05) is 26.9 Å². The number of aliphatic hydroxyl groups excluding tert-OH is 1. The molecule has 168 valence electrons. The number of aliphatic hydroxyl groups is 1. The summed E-state index contributed by atoms with van der Waals surface area (Å²) in [5, 5.41) is 9.96. The number of aryl methyl sites for hydroxylation is 2. The van der Waals surface area contributed by atoms with Crippen LogP contribution in [0.5, 0.6) is 11.5 Å². The number of halogens is 1. The van der Waals surface area contributed by atoms with Crippen LogP contribution >= 0.6 is 0 Å². The topological polar surface area (TPSA) is 68.2 Å². The predicted octanol–water partition coefficient (Wildman–Crippen LogP) is 3.98. The maximum atomic E-state index is 13.6. The Bertz CT molecular complexity index is 875. The molecule has 1 N–H and O–H groups in total. The van der Waals surface area contributed by atoms with E-state index >= 15 is 0 Å². The second kappa shape index (κ2) is 11.0. The van der Waals surface area contributed by atoms with Gasteiger partial charge in [-0.3, -0.25) is 0 Å². The average molecular weight is 432 g/mol. The standard InChI is InChI=1S/C24H30FNO5/c1-3-30-24(28)26-16-20(27)15-19(26)12-13-31-22-7-5-4-6-18(22)10-8-17-9-11-21(25)23(14-17)29-2/h4-7,9,11,14,19-20,27H,3,8,10,12-13,15-16H2,1-2H3/t19-,20-/m1/s1. The van der Waals surface area contributed by atoms with Crippen LogP contribution < -0.4 is 9.47 Å². The first-order valence-corrected chi connectivity index (χ1v) is 10.7. The monoisotopic (exact) mass is 431 g/mol. The van der Waals surface area contributed by atoms with Crippen LogP contribution in [0, 0.1) is 5.82 Å². The molecule has 1 saturated heterocycles. The molecule has 0 spiro atoms. The largest absolute Gasteiger partial charge is 0.494 e. The number of likely N-dealkylation sites (tertiary alicyclic amines) is 1. The second-order valence-electron chi connectivity index (χ2n) is 7.61. The van der Waals surface area contributed by atoms with Crippen molar-refractivity contribution in [1.82, 2.24) is 4.90 Å². The maximum absolute atomic E-state index is 13.6. The van der Waals surface area contributed by atoms with Gasteiger partial charge in [0.1, 0.15) is 5.75 Å². The fraction of sp³-hybridized carbons (Fsp3) is 0.458. The van der Waals surface area contributed by atoms with E-state index < -0.39 is 6.10 Å². The molecule has 1 heterocycles. The minimum atomic E-state index is -0.533. The molecular formula is C24H30FNO5. The fourth-order valence-corrected chi connectivity index (χ4v) is 3.89. The van der Waals surface area contributed by atoms with Crippen molar-refractivity contribution >= 4 is 6.09 Å². The predicted molar refractivity (Wildman–Crippen MR) is 115 cm³/mol. The van der Waals surface area contributed by atoms with Gasteiger partial charge in [0, 0.05) is 12.5 Å². The lowest BCUT2D eigenvalue weighted by atomic mass is 10.0. The summed E-state index contributed by atoms with van der Waals surface area (Å²) < 4.78 is 29.8. The molecule has 0 bridgehead atoms. The Morgan fingerprint density at radius 2 is 2.00 bits per heavy atom. The third kappa shape index (κ3) is 6.10. The number of para-hydroxylation sites is 1. The number of methoxy groups -OCH3 is 1. The van der Waals surface area contributed by atoms with Crippen molar-refractivity contribution in [2.45, 2.75) is 44.8 Å². The van der Waals surface area contributed by atoms with Gasteiger partial charge in [0.05, 0.1) is 33.0 Å². The van der Waals surface area contributed by atoms with Crippen LogP contribution in [0.2, 0.25) is 0 Å². The molecule has 1 aliphatic rings. The Morgan fingerprint density at radius 3 is 2.77 bits per heavy atom. The van der Waals surface area contributed by atoms with E-state index in [2.05, 4.69) is 0 Å². The molecule has 0 aromatic heterocycles. The van der Waals surface area contributed by atoms with Gasteiger partial charge < -0.3 is 24.2 Å². The van der Waals surface area contributed by atoms with Crippen LogP contribution in [0.25, 0.3) is 0 Å². The van der Waals surface area contributed by atoms with Gasteiger partial charge in [0.2, 0.25) is 0 Å². The van der Waals surface area contributed by atoms with E-state index in [1.807, 2.05) is 24.3 Å². The molecule has 6 nitrogen and oxygen atoms in total. The van der Waals surface area contributed by atoms with E-state index in [0.717, 1.165) is 29.7 Å². The van der Waals surface area contributed by atoms with Gasteiger partial charge >= 0.3 is 6.09 Å². The van der Waals surface area contributed by atoms with Gasteiger partial charge in [-0.05, 0) is 55.5 Å². The van der Waals surface area contributed by atoms with Crippen LogP contribution in [-0.4, -0.2) is 55.1 Å². The van der Waals surface area contributed by atoms with Crippen LogP contribution in [0.15, 0.2) is 42.5 Å². The molecule has 1 aliphatic heterocycles. The van der Waals surface area contributed by atoms with E-state index in [1.165, 1.54) is 13.2 Å². The van der Waals surface area contributed by atoms with Gasteiger partial charge in [-0.15, -0.1) is 0 Å². The first kappa shape index (κ1) is 22.9. The Balaban J connectivity index is 1.56. The second-order valence-corrected chi connectivity index (χ2v) is 7.61. The highest BCUT2D eigenvalue weighted by Crippen LogP contribution is 2.25. The number of carbonyl (C=O) groups is 1. The Kier molecular flexibility index (Phi) is 8.12. The number of hydrogen-bond acceptors (Lipinski definition) is 5. The van der Waals surface area contributed by atoms with Crippen LogP contribution in [0.3, 0.4) is 0 Å². The molecule has 3 rings (SSSR count). The molecule has 0 saturated carbocycles. The molecule has 7 heteroatoms. The minimum Gasteiger partial charge on any atom is -0.494 e. The van der Waals surface area contributed by atoms with Crippen LogP contribution in [0.1, 0.15) is 30.9 Å². The van der Waals surface area contributed by atoms with E-state index in [-0.39, 0.29) is 23.7 Å². The average Bonchev–Trinajstić information content (AvgIpc) is 3.14. The molecule has 31 heavy (non-hydrogen) atoms. The lowest BCUT2D eigenvalue weighted by molar-refractivity contribution is 0.0941. The van der Waals surface area contributed by atoms with Crippen molar-refractivity contribution in [3.63, 3.8) is 0 Å². The minimum absolute atomic E-state index is 0.104. The Morgan fingerprint density at radius 1 is 1.19 bits per heavy atom. The van der Waals surface area contributed by atoms with Crippen molar-refractivity contribution in [3.8, 4) is 11.5 Å². The number of ether oxygens (including phenoxy) is 3. The zero-order chi connectivity index (χ0) is 22.2. The fourth-order valence-electron chi connectivity index (χ4n) is 3.89. The number of benzene rings is 2. The highest BCUT2D eigenvalue weighted by Gasteiger charge is 2.35. The van der Waals surface area contributed by atoms with Gasteiger partial charge in [-0.1, -0.05) is 24.3 Å². The third-order valence-corrected chi connectivity index (χ3v) is 5.47. The highest BCUT2D eigenvalue weighted by atomic mass is 19.1. The summed E-state index contributed by atoms with van der Waals surface area (Å²) in [4.78, 5) is 13.7. The molecule has 0 unspecified atom stereocenters. The molecule has 0 radical (unpaired) electrons. The molecule has 2 aromatic carbocycles. The summed E-state index contributed by atoms with van der Waals surface area (Å²) in [7, 11) is 1.46. The number of β-amino-alcohol motifs (C(OH)–C–C–N with tert-alkyl or cyclic N) is 1. The molecular weight excluding hydrogens is 401 g/mol. The number of hydrogen-bond donors (Lipinski definition) is 1. The molecule has 2 aromatic rings. The summed E-state index contributed by atoms with van der Waals surface area (Å²) >= 11 is 0. The smallest absolute Gasteiger partial charge is 0.410 e. The van der Waals surface area contributed by atoms with E-state index in [9.17, 15) is 14.3 Å². The van der Waals surface area contributed by atoms with Crippen LogP contribution in [-0.2, 0) is 17.6 Å². The van der Waals surface area contributed by atoms with Crippen LogP contribution in [0.4, 0.5) is 9.18 Å². The number of carbonyl (C=O) groups excluding carboxylic acids is 1. The number of rotatable bonds is 9. The first-order chi connectivity index (χ1) is 15.0. The van der Waals surface area contributed by atoms with Crippen molar-refractivity contribution in [3.05, 3.63) is 59.4 Å². The summed E-state index contributed by atoms with van der Waals surface area (Å²) in [6.45, 7) is 2.79. The molecule has 1 fully saturated rings. The Hall–Kier alpha value is -2.80. The quantitative estimate of drug-likeness (QED) is 0.651. The SMILES string of the molecule is CCOC(=O)N1C[C@H](O)C[C@H]1CCOc1ccccc1CCc1ccc(F)c(OC)c1. The zero-order valence-electron chi connectivity index (χ0n) is 18.1. The molecule has 2 atom stereocenters. The van der Waals surface area contributed by atoms with Gasteiger partial charge in [0.25, 0.3) is 0 Å². The van der Waals surface area contributed by atoms with E-state index in [4.69, 9.17) is 14.2 Å². The van der Waals surface area contributed by atoms with E-state index in [1.54, 1.807) is 24.0 Å². The lowest BCUT2D eigenvalue weighted by Gasteiger charge is -2.23. The van der Waals surface area contributed by atoms with Gasteiger partial charge in [-0.25, -0.2) is 9.18 Å². The lowest BCUT2D eigenvalue weighted by Crippen LogP contribution is -2.37. The Labute approximate surface area is 182 Å².